The van der Waals surface area contributed by atoms with Crippen LogP contribution in [0.1, 0.15) is 29.8 Å². The highest BCUT2D eigenvalue weighted by molar-refractivity contribution is 5.23. The Balaban J connectivity index is 1.68. The fraction of sp³-hybridized carbons (Fsp3) is 0.786. The van der Waals surface area contributed by atoms with Gasteiger partial charge in [0.25, 0.3) is 0 Å². The molecule has 0 spiro atoms. The number of nitrogens with one attached hydrogen (secondary N) is 1. The first-order valence-electron chi connectivity index (χ1n) is 6.93. The first kappa shape index (κ1) is 13.6. The van der Waals surface area contributed by atoms with Crippen molar-refractivity contribution in [1.29, 1.82) is 0 Å². The number of nitrogens with zero attached hydrogens (tertiary/aromatic N) is 2. The van der Waals surface area contributed by atoms with Gasteiger partial charge in [-0.25, -0.2) is 0 Å². The van der Waals surface area contributed by atoms with Crippen molar-refractivity contribution in [3.8, 4) is 0 Å². The molecular formula is C14H25N3O. The van der Waals surface area contributed by atoms with E-state index in [0.717, 1.165) is 37.8 Å². The van der Waals surface area contributed by atoms with Crippen LogP contribution in [0.2, 0.25) is 0 Å². The molecule has 4 heteroatoms. The van der Waals surface area contributed by atoms with Crippen molar-refractivity contribution in [3.05, 3.63) is 17.0 Å². The normalized spacial score (nSPS) is 19.9. The second-order valence-corrected chi connectivity index (χ2v) is 5.51. The summed E-state index contributed by atoms with van der Waals surface area (Å²) >= 11 is 0. The molecule has 4 nitrogen and oxygen atoms in total. The van der Waals surface area contributed by atoms with Gasteiger partial charge in [-0.1, -0.05) is 0 Å². The summed E-state index contributed by atoms with van der Waals surface area (Å²) in [7, 11) is 2.22. The van der Waals surface area contributed by atoms with Crippen LogP contribution < -0.4 is 0 Å². The molecule has 0 amide bonds. The number of aryl methyl sites for hydroxylation is 2. The van der Waals surface area contributed by atoms with Gasteiger partial charge in [0.05, 0.1) is 12.3 Å². The van der Waals surface area contributed by atoms with E-state index in [0.29, 0.717) is 0 Å². The highest BCUT2D eigenvalue weighted by atomic mass is 16.5. The Kier molecular flexibility index (Phi) is 4.78. The summed E-state index contributed by atoms with van der Waals surface area (Å²) < 4.78 is 5.41. The maximum absolute atomic E-state index is 5.41. The van der Waals surface area contributed by atoms with Gasteiger partial charge in [-0.15, -0.1) is 0 Å². The summed E-state index contributed by atoms with van der Waals surface area (Å²) in [6, 6.07) is 0. The van der Waals surface area contributed by atoms with Crippen LogP contribution in [-0.4, -0.2) is 48.4 Å². The van der Waals surface area contributed by atoms with E-state index in [2.05, 4.69) is 36.0 Å². The lowest BCUT2D eigenvalue weighted by Gasteiger charge is -2.19. The first-order chi connectivity index (χ1) is 8.66. The lowest BCUT2D eigenvalue weighted by Crippen LogP contribution is -2.27. The largest absolute Gasteiger partial charge is 0.381 e. The minimum Gasteiger partial charge on any atom is -0.381 e. The summed E-state index contributed by atoms with van der Waals surface area (Å²) in [6.45, 7) is 8.41. The smallest absolute Gasteiger partial charge is 0.0625 e. The summed E-state index contributed by atoms with van der Waals surface area (Å²) in [5.74, 6) is 0.743. The fourth-order valence-electron chi connectivity index (χ4n) is 2.73. The van der Waals surface area contributed by atoms with Crippen LogP contribution in [0.15, 0.2) is 0 Å². The van der Waals surface area contributed by atoms with Gasteiger partial charge in [0.1, 0.15) is 0 Å². The molecule has 1 fully saturated rings. The Hall–Kier alpha value is -0.870. The van der Waals surface area contributed by atoms with Gasteiger partial charge in [-0.3, -0.25) is 5.10 Å². The topological polar surface area (TPSA) is 41.2 Å². The van der Waals surface area contributed by atoms with Crippen molar-refractivity contribution in [3.63, 3.8) is 0 Å². The molecule has 0 aliphatic carbocycles. The standard InChI is InChI=1S/C14H25N3O/c1-11-14(12(2)16-15-11)5-4-7-17(3)9-13-6-8-18-10-13/h13H,4-10H2,1-3H3,(H,15,16)/t13-/m0/s1. The third-order valence-electron chi connectivity index (χ3n) is 3.84. The highest BCUT2D eigenvalue weighted by Crippen LogP contribution is 2.15. The van der Waals surface area contributed by atoms with Crippen LogP contribution in [0.4, 0.5) is 0 Å². The number of hydrogen-bond acceptors (Lipinski definition) is 3. The van der Waals surface area contributed by atoms with E-state index in [4.69, 9.17) is 4.74 Å². The van der Waals surface area contributed by atoms with Gasteiger partial charge >= 0.3 is 0 Å². The van der Waals surface area contributed by atoms with E-state index in [1.165, 1.54) is 30.6 Å². The van der Waals surface area contributed by atoms with Crippen molar-refractivity contribution in [1.82, 2.24) is 15.1 Å². The molecule has 1 aromatic rings. The number of hydrogen-bond donors (Lipinski definition) is 1. The summed E-state index contributed by atoms with van der Waals surface area (Å²) in [6.07, 6.45) is 3.55. The molecule has 1 saturated heterocycles. The number of rotatable bonds is 6. The van der Waals surface area contributed by atoms with Crippen molar-refractivity contribution in [2.45, 2.75) is 33.1 Å². The summed E-state index contributed by atoms with van der Waals surface area (Å²) in [4.78, 5) is 2.43. The lowest BCUT2D eigenvalue weighted by molar-refractivity contribution is 0.173. The van der Waals surface area contributed by atoms with Crippen LogP contribution in [-0.2, 0) is 11.2 Å². The zero-order valence-corrected chi connectivity index (χ0v) is 11.8. The second-order valence-electron chi connectivity index (χ2n) is 5.51. The minimum atomic E-state index is 0.743. The van der Waals surface area contributed by atoms with Crippen LogP contribution in [0.5, 0.6) is 0 Å². The Morgan fingerprint density at radius 3 is 2.89 bits per heavy atom. The van der Waals surface area contributed by atoms with E-state index < -0.39 is 0 Å². The molecule has 2 heterocycles. The van der Waals surface area contributed by atoms with Crippen molar-refractivity contribution < 1.29 is 4.74 Å². The maximum Gasteiger partial charge on any atom is 0.0625 e. The molecule has 0 bridgehead atoms. The van der Waals surface area contributed by atoms with E-state index in [1.54, 1.807) is 0 Å². The molecule has 2 rings (SSSR count). The number of aromatic nitrogens is 2. The Morgan fingerprint density at radius 1 is 1.44 bits per heavy atom. The minimum absolute atomic E-state index is 0.743. The highest BCUT2D eigenvalue weighted by Gasteiger charge is 2.17. The molecule has 0 unspecified atom stereocenters. The molecule has 18 heavy (non-hydrogen) atoms. The monoisotopic (exact) mass is 251 g/mol. The van der Waals surface area contributed by atoms with E-state index in [1.807, 2.05) is 0 Å². The lowest BCUT2D eigenvalue weighted by atomic mass is 10.1. The zero-order chi connectivity index (χ0) is 13.0. The molecule has 1 aromatic heterocycles. The predicted octanol–water partition coefficient (Wildman–Crippen LogP) is 1.93. The van der Waals surface area contributed by atoms with Gasteiger partial charge in [-0.2, -0.15) is 5.10 Å². The molecule has 1 atom stereocenters. The van der Waals surface area contributed by atoms with E-state index in [-0.39, 0.29) is 0 Å². The molecule has 102 valence electrons. The van der Waals surface area contributed by atoms with Gasteiger partial charge < -0.3 is 9.64 Å². The molecule has 1 aliphatic heterocycles. The maximum atomic E-state index is 5.41. The average molecular weight is 251 g/mol. The number of ether oxygens (including phenoxy) is 1. The summed E-state index contributed by atoms with van der Waals surface area (Å²) in [5.41, 5.74) is 3.77. The van der Waals surface area contributed by atoms with Gasteiger partial charge in [0, 0.05) is 18.8 Å². The molecule has 0 aromatic carbocycles. The van der Waals surface area contributed by atoms with E-state index >= 15 is 0 Å². The molecule has 1 aliphatic rings. The van der Waals surface area contributed by atoms with Gasteiger partial charge in [-0.05, 0) is 58.2 Å². The third kappa shape index (κ3) is 3.56. The number of H-pyrrole nitrogens is 1. The zero-order valence-electron chi connectivity index (χ0n) is 11.8. The predicted molar refractivity (Wildman–Crippen MR) is 72.8 cm³/mol. The summed E-state index contributed by atoms with van der Waals surface area (Å²) in [5, 5.41) is 7.30. The van der Waals surface area contributed by atoms with Crippen LogP contribution in [0.25, 0.3) is 0 Å². The van der Waals surface area contributed by atoms with Crippen molar-refractivity contribution >= 4 is 0 Å². The van der Waals surface area contributed by atoms with Crippen molar-refractivity contribution in [2.24, 2.45) is 5.92 Å². The quantitative estimate of drug-likeness (QED) is 0.840. The van der Waals surface area contributed by atoms with Gasteiger partial charge in [0.15, 0.2) is 0 Å². The van der Waals surface area contributed by atoms with Crippen LogP contribution in [0, 0.1) is 19.8 Å². The van der Waals surface area contributed by atoms with Crippen molar-refractivity contribution in [2.75, 3.05) is 33.4 Å². The fourth-order valence-corrected chi connectivity index (χ4v) is 2.73. The van der Waals surface area contributed by atoms with Crippen LogP contribution >= 0.6 is 0 Å². The average Bonchev–Trinajstić information content (AvgIpc) is 2.93. The Morgan fingerprint density at radius 2 is 2.28 bits per heavy atom. The number of aromatic amines is 1. The molecule has 0 saturated carbocycles. The molecular weight excluding hydrogens is 226 g/mol. The first-order valence-corrected chi connectivity index (χ1v) is 6.93. The Bertz CT molecular complexity index is 350. The van der Waals surface area contributed by atoms with E-state index in [9.17, 15) is 0 Å². The SMILES string of the molecule is Cc1n[nH]c(C)c1CCCN(C)C[C@@H]1CCOC1. The van der Waals surface area contributed by atoms with Gasteiger partial charge in [0.2, 0.25) is 0 Å². The van der Waals surface area contributed by atoms with Crippen LogP contribution in [0.3, 0.4) is 0 Å². The molecule has 1 N–H and O–H groups in total. The second kappa shape index (κ2) is 6.34. The molecule has 0 radical (unpaired) electrons. The third-order valence-corrected chi connectivity index (χ3v) is 3.84. The Labute approximate surface area is 110 Å².